The van der Waals surface area contributed by atoms with Crippen molar-refractivity contribution in [1.29, 1.82) is 0 Å². The number of carbonyl (C=O) groups excluding carboxylic acids is 1. The highest BCUT2D eigenvalue weighted by Gasteiger charge is 2.19. The van der Waals surface area contributed by atoms with E-state index >= 15 is 0 Å². The second-order valence-corrected chi connectivity index (χ2v) is 3.93. The Balaban J connectivity index is 3.02. The van der Waals surface area contributed by atoms with E-state index in [1.165, 1.54) is 0 Å². The maximum absolute atomic E-state index is 11.7. The van der Waals surface area contributed by atoms with Crippen LogP contribution in [0.2, 0.25) is 0 Å². The number of non-ortho nitro benzene ring substituents is 2. The van der Waals surface area contributed by atoms with E-state index in [2.05, 4.69) is 5.32 Å². The zero-order valence-corrected chi connectivity index (χ0v) is 10.4. The van der Waals surface area contributed by atoms with Crippen molar-refractivity contribution in [3.63, 3.8) is 0 Å². The zero-order chi connectivity index (χ0) is 14.4. The molecule has 0 unspecified atom stereocenters. The van der Waals surface area contributed by atoms with Crippen LogP contribution in [0.5, 0.6) is 0 Å². The summed E-state index contributed by atoms with van der Waals surface area (Å²) in [5.41, 5.74) is -1.14. The van der Waals surface area contributed by atoms with E-state index in [0.717, 1.165) is 18.2 Å². The molecule has 0 saturated carbocycles. The van der Waals surface area contributed by atoms with E-state index < -0.39 is 27.1 Å². The summed E-state index contributed by atoms with van der Waals surface area (Å²) >= 11 is 5.43. The maximum atomic E-state index is 11.7. The number of amides is 1. The van der Waals surface area contributed by atoms with Crippen LogP contribution in [-0.4, -0.2) is 28.2 Å². The van der Waals surface area contributed by atoms with Gasteiger partial charge in [-0.2, -0.15) is 0 Å². The molecule has 0 aliphatic carbocycles. The standard InChI is InChI=1S/C10H10ClN3O5/c11-2-1-3-12-10(15)7-4-8(13(16)17)6-9(5-7)14(18)19/h4-6H,1-3H2,(H,12,15). The lowest BCUT2D eigenvalue weighted by Gasteiger charge is -2.04. The minimum Gasteiger partial charge on any atom is -0.352 e. The van der Waals surface area contributed by atoms with Crippen LogP contribution in [0.25, 0.3) is 0 Å². The normalized spacial score (nSPS) is 9.95. The fraction of sp³-hybridized carbons (Fsp3) is 0.300. The maximum Gasteiger partial charge on any atom is 0.277 e. The van der Waals surface area contributed by atoms with E-state index in [1.807, 2.05) is 0 Å². The van der Waals surface area contributed by atoms with Gasteiger partial charge in [-0.25, -0.2) is 0 Å². The fourth-order valence-electron chi connectivity index (χ4n) is 1.31. The van der Waals surface area contributed by atoms with Gasteiger partial charge in [-0.1, -0.05) is 0 Å². The Labute approximate surface area is 112 Å². The van der Waals surface area contributed by atoms with Crippen LogP contribution >= 0.6 is 11.6 Å². The summed E-state index contributed by atoms with van der Waals surface area (Å²) in [6.45, 7) is 0.290. The van der Waals surface area contributed by atoms with Gasteiger partial charge in [0, 0.05) is 24.6 Å². The predicted octanol–water partition coefficient (Wildman–Crippen LogP) is 1.86. The summed E-state index contributed by atoms with van der Waals surface area (Å²) in [6.07, 6.45) is 0.532. The molecule has 1 amide bonds. The molecule has 1 aromatic carbocycles. The van der Waals surface area contributed by atoms with Gasteiger partial charge in [0.05, 0.1) is 21.5 Å². The first-order chi connectivity index (χ1) is 8.95. The molecular weight excluding hydrogens is 278 g/mol. The van der Waals surface area contributed by atoms with Gasteiger partial charge in [-0.05, 0) is 6.42 Å². The Morgan fingerprint density at radius 2 is 1.68 bits per heavy atom. The van der Waals surface area contributed by atoms with Crippen LogP contribution in [0, 0.1) is 20.2 Å². The number of alkyl halides is 1. The molecule has 19 heavy (non-hydrogen) atoms. The summed E-state index contributed by atoms with van der Waals surface area (Å²) in [5, 5.41) is 23.8. The first-order valence-electron chi connectivity index (χ1n) is 5.23. The quantitative estimate of drug-likeness (QED) is 0.371. The van der Waals surface area contributed by atoms with Gasteiger partial charge in [-0.15, -0.1) is 11.6 Å². The largest absolute Gasteiger partial charge is 0.352 e. The number of nitrogens with zero attached hydrogens (tertiary/aromatic N) is 2. The Kier molecular flexibility index (Phi) is 5.19. The Hall–Kier alpha value is -2.22. The van der Waals surface area contributed by atoms with Crippen LogP contribution in [0.1, 0.15) is 16.8 Å². The summed E-state index contributed by atoms with van der Waals surface area (Å²) < 4.78 is 0. The molecule has 8 nitrogen and oxygen atoms in total. The molecule has 0 radical (unpaired) electrons. The average molecular weight is 288 g/mol. The molecule has 1 aromatic rings. The number of nitro groups is 2. The molecule has 1 rings (SSSR count). The molecule has 0 bridgehead atoms. The number of rotatable bonds is 6. The summed E-state index contributed by atoms with van der Waals surface area (Å²) in [7, 11) is 0. The van der Waals surface area contributed by atoms with E-state index in [-0.39, 0.29) is 5.56 Å². The summed E-state index contributed by atoms with van der Waals surface area (Å²) in [5.74, 6) is -0.257. The third-order valence-electron chi connectivity index (χ3n) is 2.18. The molecular formula is C10H10ClN3O5. The fourth-order valence-corrected chi connectivity index (χ4v) is 1.44. The van der Waals surface area contributed by atoms with E-state index in [0.29, 0.717) is 18.8 Å². The topological polar surface area (TPSA) is 115 Å². The lowest BCUT2D eigenvalue weighted by atomic mass is 10.1. The minimum absolute atomic E-state index is 0.129. The molecule has 0 aliphatic rings. The zero-order valence-electron chi connectivity index (χ0n) is 9.67. The van der Waals surface area contributed by atoms with Crippen molar-refractivity contribution in [2.75, 3.05) is 12.4 Å². The van der Waals surface area contributed by atoms with Crippen molar-refractivity contribution in [3.8, 4) is 0 Å². The molecule has 0 saturated heterocycles. The first kappa shape index (κ1) is 14.8. The van der Waals surface area contributed by atoms with E-state index in [9.17, 15) is 25.0 Å². The van der Waals surface area contributed by atoms with Gasteiger partial charge in [0.2, 0.25) is 0 Å². The Morgan fingerprint density at radius 3 is 2.11 bits per heavy atom. The van der Waals surface area contributed by atoms with Crippen LogP contribution < -0.4 is 5.32 Å². The van der Waals surface area contributed by atoms with Crippen LogP contribution in [0.15, 0.2) is 18.2 Å². The van der Waals surface area contributed by atoms with Crippen molar-refractivity contribution < 1.29 is 14.6 Å². The van der Waals surface area contributed by atoms with Gasteiger partial charge in [0.25, 0.3) is 17.3 Å². The number of nitrogens with one attached hydrogen (secondary N) is 1. The molecule has 0 spiro atoms. The lowest BCUT2D eigenvalue weighted by molar-refractivity contribution is -0.394. The monoisotopic (exact) mass is 287 g/mol. The third-order valence-corrected chi connectivity index (χ3v) is 2.45. The van der Waals surface area contributed by atoms with E-state index in [1.54, 1.807) is 0 Å². The Morgan fingerprint density at radius 1 is 1.16 bits per heavy atom. The Bertz CT molecular complexity index is 488. The summed E-state index contributed by atoms with van der Waals surface area (Å²) in [4.78, 5) is 31.4. The number of hydrogen-bond acceptors (Lipinski definition) is 5. The lowest BCUT2D eigenvalue weighted by Crippen LogP contribution is -2.24. The van der Waals surface area contributed by atoms with E-state index in [4.69, 9.17) is 11.6 Å². The number of benzene rings is 1. The van der Waals surface area contributed by atoms with Crippen molar-refractivity contribution in [3.05, 3.63) is 44.0 Å². The number of halogens is 1. The molecule has 0 fully saturated rings. The van der Waals surface area contributed by atoms with Gasteiger partial charge in [0.1, 0.15) is 0 Å². The molecule has 0 aromatic heterocycles. The van der Waals surface area contributed by atoms with Crippen molar-refractivity contribution >= 4 is 28.9 Å². The third kappa shape index (κ3) is 4.18. The van der Waals surface area contributed by atoms with Gasteiger partial charge in [0.15, 0.2) is 0 Å². The number of nitro benzene ring substituents is 2. The average Bonchev–Trinajstić information content (AvgIpc) is 2.38. The molecule has 102 valence electrons. The van der Waals surface area contributed by atoms with Gasteiger partial charge < -0.3 is 5.32 Å². The van der Waals surface area contributed by atoms with Crippen molar-refractivity contribution in [1.82, 2.24) is 5.32 Å². The molecule has 0 aliphatic heterocycles. The smallest absolute Gasteiger partial charge is 0.277 e. The van der Waals surface area contributed by atoms with Gasteiger partial charge in [-0.3, -0.25) is 25.0 Å². The second kappa shape index (κ2) is 6.64. The van der Waals surface area contributed by atoms with Gasteiger partial charge >= 0.3 is 0 Å². The SMILES string of the molecule is O=C(NCCCCl)c1cc([N+](=O)[O-])cc([N+](=O)[O-])c1. The van der Waals surface area contributed by atoms with Crippen molar-refractivity contribution in [2.45, 2.75) is 6.42 Å². The molecule has 0 atom stereocenters. The molecule has 9 heteroatoms. The number of carbonyl (C=O) groups is 1. The molecule has 1 N–H and O–H groups in total. The minimum atomic E-state index is -0.789. The second-order valence-electron chi connectivity index (χ2n) is 3.55. The van der Waals surface area contributed by atoms with Crippen LogP contribution in [0.3, 0.4) is 0 Å². The molecule has 0 heterocycles. The van der Waals surface area contributed by atoms with Crippen molar-refractivity contribution in [2.24, 2.45) is 0 Å². The highest BCUT2D eigenvalue weighted by molar-refractivity contribution is 6.17. The highest BCUT2D eigenvalue weighted by Crippen LogP contribution is 2.22. The number of hydrogen-bond donors (Lipinski definition) is 1. The highest BCUT2D eigenvalue weighted by atomic mass is 35.5. The van der Waals surface area contributed by atoms with Crippen LogP contribution in [0.4, 0.5) is 11.4 Å². The predicted molar refractivity (Wildman–Crippen MR) is 67.4 cm³/mol. The van der Waals surface area contributed by atoms with Crippen LogP contribution in [-0.2, 0) is 0 Å². The first-order valence-corrected chi connectivity index (χ1v) is 5.77. The summed E-state index contributed by atoms with van der Waals surface area (Å²) in [6, 6.07) is 2.78.